The number of amides is 3. The van der Waals surface area contributed by atoms with Gasteiger partial charge in [0.25, 0.3) is 15.9 Å². The second-order valence-corrected chi connectivity index (χ2v) is 7.67. The van der Waals surface area contributed by atoms with E-state index in [1.165, 1.54) is 45.5 Å². The van der Waals surface area contributed by atoms with Crippen LogP contribution in [0.25, 0.3) is 0 Å². The monoisotopic (exact) mass is 439 g/mol. The Balaban J connectivity index is 2.14. The van der Waals surface area contributed by atoms with Crippen molar-refractivity contribution in [2.24, 2.45) is 0 Å². The summed E-state index contributed by atoms with van der Waals surface area (Å²) in [6, 6.07) is 7.14. The van der Waals surface area contributed by atoms with Crippen LogP contribution in [0.4, 0.5) is 9.18 Å². The van der Waals surface area contributed by atoms with Gasteiger partial charge in [-0.05, 0) is 42.3 Å². The molecule has 0 aliphatic carbocycles. The fraction of sp³-hybridized carbons (Fsp3) is 0.263. The number of benzene rings is 2. The first kappa shape index (κ1) is 22.9. The molecule has 0 fully saturated rings. The van der Waals surface area contributed by atoms with Crippen molar-refractivity contribution in [1.29, 1.82) is 0 Å². The number of carbonyl (C=O) groups is 2. The lowest BCUT2D eigenvalue weighted by Crippen LogP contribution is -2.37. The van der Waals surface area contributed by atoms with Crippen LogP contribution in [0.1, 0.15) is 15.9 Å². The SMILES string of the molecule is CNC(=O)NS(=O)(=O)c1cc(CCNC(=O)c2cc(F)ccc2OC)ccc1OC. The molecule has 0 spiro atoms. The second kappa shape index (κ2) is 9.92. The standard InChI is InChI=1S/C19H22FN3O6S/c1-21-19(25)23-30(26,27)17-10-12(4-6-16(17)29-3)8-9-22-18(24)14-11-13(20)5-7-15(14)28-2/h4-7,10-11H,8-9H2,1-3H3,(H,22,24)(H2,21,23,25). The molecule has 0 atom stereocenters. The Labute approximate surface area is 173 Å². The number of methoxy groups -OCH3 is 2. The smallest absolute Gasteiger partial charge is 0.328 e. The van der Waals surface area contributed by atoms with Gasteiger partial charge in [0.2, 0.25) is 0 Å². The number of urea groups is 1. The summed E-state index contributed by atoms with van der Waals surface area (Å²) in [5, 5.41) is 4.80. The summed E-state index contributed by atoms with van der Waals surface area (Å²) in [5.74, 6) is -0.820. The molecular weight excluding hydrogens is 417 g/mol. The predicted octanol–water partition coefficient (Wildman–Crippen LogP) is 1.43. The first-order chi connectivity index (χ1) is 14.2. The zero-order valence-corrected chi connectivity index (χ0v) is 17.4. The average molecular weight is 439 g/mol. The minimum absolute atomic E-state index is 0.0466. The molecule has 3 N–H and O–H groups in total. The molecule has 2 aromatic carbocycles. The minimum Gasteiger partial charge on any atom is -0.496 e. The van der Waals surface area contributed by atoms with Gasteiger partial charge >= 0.3 is 6.03 Å². The molecule has 11 heteroatoms. The van der Waals surface area contributed by atoms with Gasteiger partial charge in [-0.2, -0.15) is 0 Å². The van der Waals surface area contributed by atoms with Crippen LogP contribution in [0.15, 0.2) is 41.3 Å². The molecule has 0 aliphatic heterocycles. The van der Waals surface area contributed by atoms with E-state index < -0.39 is 27.8 Å². The quantitative estimate of drug-likeness (QED) is 0.572. The van der Waals surface area contributed by atoms with Crippen molar-refractivity contribution in [2.45, 2.75) is 11.3 Å². The van der Waals surface area contributed by atoms with Gasteiger partial charge in [-0.25, -0.2) is 22.3 Å². The van der Waals surface area contributed by atoms with Crippen molar-refractivity contribution in [1.82, 2.24) is 15.4 Å². The van der Waals surface area contributed by atoms with E-state index in [9.17, 15) is 22.4 Å². The van der Waals surface area contributed by atoms with Crippen LogP contribution in [-0.2, 0) is 16.4 Å². The van der Waals surface area contributed by atoms with E-state index in [1.54, 1.807) is 6.07 Å². The van der Waals surface area contributed by atoms with Crippen LogP contribution in [-0.4, -0.2) is 48.2 Å². The molecule has 0 bridgehead atoms. The van der Waals surface area contributed by atoms with E-state index in [1.807, 2.05) is 4.72 Å². The maximum atomic E-state index is 13.4. The summed E-state index contributed by atoms with van der Waals surface area (Å²) in [7, 11) is -0.204. The van der Waals surface area contributed by atoms with E-state index >= 15 is 0 Å². The predicted molar refractivity (Wildman–Crippen MR) is 107 cm³/mol. The Morgan fingerprint density at radius 2 is 1.70 bits per heavy atom. The molecule has 0 aliphatic rings. The number of hydrogen-bond donors (Lipinski definition) is 3. The number of hydrogen-bond acceptors (Lipinski definition) is 6. The maximum Gasteiger partial charge on any atom is 0.328 e. The fourth-order valence-corrected chi connectivity index (χ4v) is 3.77. The van der Waals surface area contributed by atoms with Gasteiger partial charge in [-0.15, -0.1) is 0 Å². The second-order valence-electron chi connectivity index (χ2n) is 6.02. The van der Waals surface area contributed by atoms with Gasteiger partial charge in [-0.3, -0.25) is 4.79 Å². The molecule has 0 unspecified atom stereocenters. The average Bonchev–Trinajstić information content (AvgIpc) is 2.73. The highest BCUT2D eigenvalue weighted by Crippen LogP contribution is 2.25. The van der Waals surface area contributed by atoms with Gasteiger partial charge in [0.15, 0.2) is 0 Å². The van der Waals surface area contributed by atoms with E-state index in [0.717, 1.165) is 6.07 Å². The Bertz CT molecular complexity index is 1040. The summed E-state index contributed by atoms with van der Waals surface area (Å²) >= 11 is 0. The number of carbonyl (C=O) groups excluding carboxylic acids is 2. The molecule has 162 valence electrons. The van der Waals surface area contributed by atoms with E-state index in [4.69, 9.17) is 9.47 Å². The lowest BCUT2D eigenvalue weighted by atomic mass is 10.1. The Kier molecular flexibility index (Phi) is 7.59. The maximum absolute atomic E-state index is 13.4. The Morgan fingerprint density at radius 1 is 1.03 bits per heavy atom. The Morgan fingerprint density at radius 3 is 2.33 bits per heavy atom. The van der Waals surface area contributed by atoms with Crippen molar-refractivity contribution >= 4 is 22.0 Å². The van der Waals surface area contributed by atoms with Crippen molar-refractivity contribution in [3.8, 4) is 11.5 Å². The number of ether oxygens (including phenoxy) is 2. The zero-order valence-electron chi connectivity index (χ0n) is 16.6. The summed E-state index contributed by atoms with van der Waals surface area (Å²) < 4.78 is 50.3. The van der Waals surface area contributed by atoms with Gasteiger partial charge in [0, 0.05) is 13.6 Å². The number of nitrogens with one attached hydrogen (secondary N) is 3. The third kappa shape index (κ3) is 5.60. The molecule has 0 heterocycles. The molecule has 0 saturated carbocycles. The molecule has 0 radical (unpaired) electrons. The molecule has 2 aromatic rings. The molecule has 9 nitrogen and oxygen atoms in total. The van der Waals surface area contributed by atoms with Crippen LogP contribution in [0.3, 0.4) is 0 Å². The van der Waals surface area contributed by atoms with Crippen molar-refractivity contribution in [3.05, 3.63) is 53.3 Å². The van der Waals surface area contributed by atoms with E-state index in [0.29, 0.717) is 5.56 Å². The highest BCUT2D eigenvalue weighted by molar-refractivity contribution is 7.90. The van der Waals surface area contributed by atoms with Crippen molar-refractivity contribution in [2.75, 3.05) is 27.8 Å². The third-order valence-corrected chi connectivity index (χ3v) is 5.43. The summed E-state index contributed by atoms with van der Waals surface area (Å²) in [4.78, 5) is 23.5. The molecule has 0 saturated heterocycles. The van der Waals surface area contributed by atoms with Gasteiger partial charge in [-0.1, -0.05) is 6.07 Å². The van der Waals surface area contributed by atoms with Gasteiger partial charge in [0.05, 0.1) is 19.8 Å². The molecule has 3 amide bonds. The lowest BCUT2D eigenvalue weighted by Gasteiger charge is -2.13. The van der Waals surface area contributed by atoms with Crippen LogP contribution < -0.4 is 24.8 Å². The lowest BCUT2D eigenvalue weighted by molar-refractivity contribution is 0.0950. The molecule has 2 rings (SSSR count). The van der Waals surface area contributed by atoms with Crippen molar-refractivity contribution in [3.63, 3.8) is 0 Å². The summed E-state index contributed by atoms with van der Waals surface area (Å²) in [6.07, 6.45) is 0.274. The number of sulfonamides is 1. The molecule has 30 heavy (non-hydrogen) atoms. The number of halogens is 1. The topological polar surface area (TPSA) is 123 Å². The van der Waals surface area contributed by atoms with E-state index in [2.05, 4.69) is 10.6 Å². The van der Waals surface area contributed by atoms with Crippen molar-refractivity contribution < 1.29 is 31.9 Å². The summed E-state index contributed by atoms with van der Waals surface area (Å²) in [5.41, 5.74) is 0.616. The summed E-state index contributed by atoms with van der Waals surface area (Å²) in [6.45, 7) is 0.146. The highest BCUT2D eigenvalue weighted by Gasteiger charge is 2.22. The first-order valence-electron chi connectivity index (χ1n) is 8.75. The van der Waals surface area contributed by atoms with Crippen LogP contribution in [0.2, 0.25) is 0 Å². The van der Waals surface area contributed by atoms with Gasteiger partial charge < -0.3 is 20.1 Å². The largest absolute Gasteiger partial charge is 0.496 e. The normalized spacial score (nSPS) is 10.8. The first-order valence-corrected chi connectivity index (χ1v) is 10.2. The van der Waals surface area contributed by atoms with Gasteiger partial charge in [0.1, 0.15) is 22.2 Å². The van der Waals surface area contributed by atoms with Crippen LogP contribution in [0, 0.1) is 5.82 Å². The zero-order chi connectivity index (χ0) is 22.3. The Hall–Kier alpha value is -3.34. The third-order valence-electron chi connectivity index (χ3n) is 4.08. The van der Waals surface area contributed by atoms with E-state index in [-0.39, 0.29) is 34.9 Å². The minimum atomic E-state index is -4.17. The fourth-order valence-electron chi connectivity index (χ4n) is 2.59. The molecule has 0 aromatic heterocycles. The molecular formula is C19H22FN3O6S. The highest BCUT2D eigenvalue weighted by atomic mass is 32.2. The number of rotatable bonds is 8. The van der Waals surface area contributed by atoms with Crippen LogP contribution in [0.5, 0.6) is 11.5 Å². The van der Waals surface area contributed by atoms with Crippen LogP contribution >= 0.6 is 0 Å².